The number of hydrogen-bond donors (Lipinski definition) is 1. The third-order valence-electron chi connectivity index (χ3n) is 4.26. The summed E-state index contributed by atoms with van der Waals surface area (Å²) in [7, 11) is 1.67. The lowest BCUT2D eigenvalue weighted by Crippen LogP contribution is -2.33. The van der Waals surface area contributed by atoms with Gasteiger partial charge in [-0.15, -0.1) is 0 Å². The Balaban J connectivity index is 1.65. The van der Waals surface area contributed by atoms with Crippen LogP contribution in [0.25, 0.3) is 0 Å². The lowest BCUT2D eigenvalue weighted by molar-refractivity contribution is 0.298. The van der Waals surface area contributed by atoms with Gasteiger partial charge in [0.15, 0.2) is 11.5 Å². The lowest BCUT2D eigenvalue weighted by atomic mass is 10.0. The molecule has 0 saturated carbocycles. The van der Waals surface area contributed by atoms with Crippen LogP contribution in [0.4, 0.5) is 11.4 Å². The molecule has 1 aliphatic heterocycles. The van der Waals surface area contributed by atoms with E-state index >= 15 is 0 Å². The van der Waals surface area contributed by atoms with E-state index in [0.717, 1.165) is 42.3 Å². The van der Waals surface area contributed by atoms with Crippen molar-refractivity contribution in [2.24, 2.45) is 0 Å². The number of benzene rings is 2. The SMILES string of the molecule is COc1cc(C)ccc1OCCN1CCCc2ccc(N)cc21. The van der Waals surface area contributed by atoms with E-state index in [4.69, 9.17) is 15.2 Å². The van der Waals surface area contributed by atoms with E-state index in [2.05, 4.69) is 17.0 Å². The van der Waals surface area contributed by atoms with Gasteiger partial charge >= 0.3 is 0 Å². The number of nitrogens with zero attached hydrogens (tertiary/aromatic N) is 1. The molecule has 4 heteroatoms. The van der Waals surface area contributed by atoms with Gasteiger partial charge in [-0.1, -0.05) is 12.1 Å². The highest BCUT2D eigenvalue weighted by Gasteiger charge is 2.17. The zero-order valence-electron chi connectivity index (χ0n) is 13.8. The predicted octanol–water partition coefficient (Wildman–Crippen LogP) is 3.42. The second kappa shape index (κ2) is 6.82. The molecule has 1 heterocycles. The molecule has 0 unspecified atom stereocenters. The maximum absolute atomic E-state index is 5.94. The molecule has 0 radical (unpaired) electrons. The molecule has 0 aliphatic carbocycles. The molecule has 0 bridgehead atoms. The Labute approximate surface area is 137 Å². The van der Waals surface area contributed by atoms with Crippen LogP contribution in [0.1, 0.15) is 17.5 Å². The van der Waals surface area contributed by atoms with Crippen molar-refractivity contribution in [2.75, 3.05) is 37.4 Å². The predicted molar refractivity (Wildman–Crippen MR) is 94.6 cm³/mol. The van der Waals surface area contributed by atoms with E-state index < -0.39 is 0 Å². The van der Waals surface area contributed by atoms with Gasteiger partial charge in [-0.3, -0.25) is 0 Å². The maximum Gasteiger partial charge on any atom is 0.161 e. The molecule has 0 atom stereocenters. The molecule has 2 aromatic carbocycles. The molecule has 0 aromatic heterocycles. The van der Waals surface area contributed by atoms with Gasteiger partial charge < -0.3 is 20.1 Å². The number of anilines is 2. The van der Waals surface area contributed by atoms with Crippen LogP contribution in [0.3, 0.4) is 0 Å². The summed E-state index contributed by atoms with van der Waals surface area (Å²) in [4.78, 5) is 2.36. The topological polar surface area (TPSA) is 47.7 Å². The van der Waals surface area contributed by atoms with Crippen molar-refractivity contribution in [3.05, 3.63) is 47.5 Å². The minimum Gasteiger partial charge on any atom is -0.493 e. The number of aryl methyl sites for hydroxylation is 2. The Morgan fingerprint density at radius 2 is 2.00 bits per heavy atom. The molecule has 1 aliphatic rings. The van der Waals surface area contributed by atoms with Crippen LogP contribution in [0.2, 0.25) is 0 Å². The molecule has 23 heavy (non-hydrogen) atoms. The molecule has 0 fully saturated rings. The van der Waals surface area contributed by atoms with Crippen molar-refractivity contribution in [3.63, 3.8) is 0 Å². The molecular weight excluding hydrogens is 288 g/mol. The van der Waals surface area contributed by atoms with Crippen LogP contribution in [-0.4, -0.2) is 26.8 Å². The van der Waals surface area contributed by atoms with Crippen LogP contribution >= 0.6 is 0 Å². The molecule has 0 saturated heterocycles. The molecule has 2 N–H and O–H groups in total. The van der Waals surface area contributed by atoms with Gasteiger partial charge in [0.05, 0.1) is 13.7 Å². The van der Waals surface area contributed by atoms with Crippen molar-refractivity contribution < 1.29 is 9.47 Å². The van der Waals surface area contributed by atoms with Gasteiger partial charge in [0.2, 0.25) is 0 Å². The second-order valence-corrected chi connectivity index (χ2v) is 5.98. The molecule has 122 valence electrons. The third-order valence-corrected chi connectivity index (χ3v) is 4.26. The smallest absolute Gasteiger partial charge is 0.161 e. The Kier molecular flexibility index (Phi) is 4.60. The minimum absolute atomic E-state index is 0.619. The summed E-state index contributed by atoms with van der Waals surface area (Å²) in [5, 5.41) is 0. The zero-order valence-corrected chi connectivity index (χ0v) is 13.8. The summed E-state index contributed by atoms with van der Waals surface area (Å²) in [5.74, 6) is 1.58. The van der Waals surface area contributed by atoms with Crippen molar-refractivity contribution >= 4 is 11.4 Å². The van der Waals surface area contributed by atoms with Crippen molar-refractivity contribution in [1.29, 1.82) is 0 Å². The van der Waals surface area contributed by atoms with Crippen molar-refractivity contribution in [2.45, 2.75) is 19.8 Å². The summed E-state index contributed by atoms with van der Waals surface area (Å²) in [6.07, 6.45) is 2.30. The Hall–Kier alpha value is -2.36. The van der Waals surface area contributed by atoms with Gasteiger partial charge in [-0.25, -0.2) is 0 Å². The van der Waals surface area contributed by atoms with Gasteiger partial charge in [0.25, 0.3) is 0 Å². The average molecular weight is 312 g/mol. The summed E-state index contributed by atoms with van der Waals surface area (Å²) >= 11 is 0. The highest BCUT2D eigenvalue weighted by Crippen LogP contribution is 2.30. The van der Waals surface area contributed by atoms with E-state index in [1.54, 1.807) is 7.11 Å². The molecular formula is C19H24N2O2. The quantitative estimate of drug-likeness (QED) is 0.860. The summed E-state index contributed by atoms with van der Waals surface area (Å²) in [6.45, 7) is 4.55. The van der Waals surface area contributed by atoms with Crippen LogP contribution < -0.4 is 20.1 Å². The first kappa shape index (κ1) is 15.5. The Morgan fingerprint density at radius 3 is 2.83 bits per heavy atom. The monoisotopic (exact) mass is 312 g/mol. The summed E-state index contributed by atoms with van der Waals surface area (Å²) < 4.78 is 11.3. The molecule has 4 nitrogen and oxygen atoms in total. The molecule has 0 spiro atoms. The number of ether oxygens (including phenoxy) is 2. The van der Waals surface area contributed by atoms with Crippen LogP contribution in [0.5, 0.6) is 11.5 Å². The number of nitrogens with two attached hydrogens (primary N) is 1. The van der Waals surface area contributed by atoms with Gasteiger partial charge in [0.1, 0.15) is 6.61 Å². The number of methoxy groups -OCH3 is 1. The van der Waals surface area contributed by atoms with Gasteiger partial charge in [-0.2, -0.15) is 0 Å². The van der Waals surface area contributed by atoms with E-state index in [1.807, 2.05) is 31.2 Å². The van der Waals surface area contributed by atoms with Crippen LogP contribution in [0.15, 0.2) is 36.4 Å². The maximum atomic E-state index is 5.94. The largest absolute Gasteiger partial charge is 0.493 e. The standard InChI is InChI=1S/C19H24N2O2/c1-14-5-8-18(19(12-14)22-2)23-11-10-21-9-3-4-15-6-7-16(20)13-17(15)21/h5-8,12-13H,3-4,9-11,20H2,1-2H3. The van der Waals surface area contributed by atoms with Gasteiger partial charge in [-0.05, 0) is 55.2 Å². The van der Waals surface area contributed by atoms with Crippen molar-refractivity contribution in [3.8, 4) is 11.5 Å². The first-order valence-corrected chi connectivity index (χ1v) is 8.08. The average Bonchev–Trinajstić information content (AvgIpc) is 2.56. The molecule has 0 amide bonds. The van der Waals surface area contributed by atoms with Crippen molar-refractivity contribution in [1.82, 2.24) is 0 Å². The first-order chi connectivity index (χ1) is 11.2. The highest BCUT2D eigenvalue weighted by molar-refractivity contribution is 5.62. The fraction of sp³-hybridized carbons (Fsp3) is 0.368. The molecule has 2 aromatic rings. The fourth-order valence-electron chi connectivity index (χ4n) is 3.06. The fourth-order valence-corrected chi connectivity index (χ4v) is 3.06. The van der Waals surface area contributed by atoms with Gasteiger partial charge in [0, 0.05) is 17.9 Å². The van der Waals surface area contributed by atoms with E-state index in [0.29, 0.717) is 6.61 Å². The summed E-state index contributed by atoms with van der Waals surface area (Å²) in [5.41, 5.74) is 10.5. The minimum atomic E-state index is 0.619. The molecule has 3 rings (SSSR count). The Morgan fingerprint density at radius 1 is 1.13 bits per heavy atom. The number of hydrogen-bond acceptors (Lipinski definition) is 4. The van der Waals surface area contributed by atoms with E-state index in [-0.39, 0.29) is 0 Å². The normalized spacial score (nSPS) is 13.6. The first-order valence-electron chi connectivity index (χ1n) is 8.08. The van der Waals surface area contributed by atoms with Crippen LogP contribution in [-0.2, 0) is 6.42 Å². The zero-order chi connectivity index (χ0) is 16.2. The van der Waals surface area contributed by atoms with E-state index in [9.17, 15) is 0 Å². The third kappa shape index (κ3) is 3.52. The Bertz CT molecular complexity index is 685. The van der Waals surface area contributed by atoms with Crippen LogP contribution in [0, 0.1) is 6.92 Å². The van der Waals surface area contributed by atoms with E-state index in [1.165, 1.54) is 17.7 Å². The summed E-state index contributed by atoms with van der Waals surface area (Å²) in [6, 6.07) is 12.2. The number of rotatable bonds is 5. The second-order valence-electron chi connectivity index (χ2n) is 5.98. The number of fused-ring (bicyclic) bond motifs is 1. The highest BCUT2D eigenvalue weighted by atomic mass is 16.5. The lowest BCUT2D eigenvalue weighted by Gasteiger charge is -2.31. The number of nitrogen functional groups attached to an aromatic ring is 1.